The van der Waals surface area contributed by atoms with Crippen molar-refractivity contribution < 1.29 is 24.8 Å². The van der Waals surface area contributed by atoms with Gasteiger partial charge in [0.15, 0.2) is 5.79 Å². The molecule has 4 unspecified atom stereocenters. The molecule has 5 nitrogen and oxygen atoms in total. The highest BCUT2D eigenvalue weighted by Gasteiger charge is 2.60. The smallest absolute Gasteiger partial charge is 0.192 e. The average Bonchev–Trinajstić information content (AvgIpc) is 2.41. The van der Waals surface area contributed by atoms with Crippen LogP contribution in [-0.2, 0) is 9.47 Å². The third-order valence-corrected chi connectivity index (χ3v) is 2.94. The van der Waals surface area contributed by atoms with Crippen LogP contribution in [0.25, 0.3) is 0 Å². The highest BCUT2D eigenvalue weighted by Crippen LogP contribution is 2.42. The Labute approximate surface area is 75.9 Å². The highest BCUT2D eigenvalue weighted by atomic mass is 16.8. The molecule has 0 aromatic rings. The van der Waals surface area contributed by atoms with E-state index in [2.05, 4.69) is 0 Å². The van der Waals surface area contributed by atoms with Crippen LogP contribution in [0.1, 0.15) is 13.3 Å². The summed E-state index contributed by atoms with van der Waals surface area (Å²) in [6, 6.07) is 0. The Morgan fingerprint density at radius 1 is 1.38 bits per heavy atom. The van der Waals surface area contributed by atoms with Crippen molar-refractivity contribution in [1.29, 1.82) is 0 Å². The molecule has 2 heterocycles. The van der Waals surface area contributed by atoms with Crippen molar-refractivity contribution in [3.05, 3.63) is 0 Å². The van der Waals surface area contributed by atoms with Gasteiger partial charge in [-0.2, -0.15) is 0 Å². The van der Waals surface area contributed by atoms with Crippen LogP contribution in [0.5, 0.6) is 0 Å². The first-order valence-electron chi connectivity index (χ1n) is 4.33. The van der Waals surface area contributed by atoms with Crippen LogP contribution in [0.2, 0.25) is 0 Å². The van der Waals surface area contributed by atoms with Crippen molar-refractivity contribution >= 4 is 0 Å². The second kappa shape index (κ2) is 2.65. The van der Waals surface area contributed by atoms with Gasteiger partial charge in [0.1, 0.15) is 11.7 Å². The van der Waals surface area contributed by atoms with Gasteiger partial charge in [-0.25, -0.2) is 0 Å². The summed E-state index contributed by atoms with van der Waals surface area (Å²) in [4.78, 5) is 0. The van der Waals surface area contributed by atoms with Crippen LogP contribution < -0.4 is 0 Å². The van der Waals surface area contributed by atoms with E-state index in [1.165, 1.54) is 0 Å². The molecule has 2 saturated heterocycles. The number of hydrogen-bond donors (Lipinski definition) is 3. The molecule has 2 aliphatic rings. The van der Waals surface area contributed by atoms with E-state index in [0.29, 0.717) is 0 Å². The number of aliphatic hydroxyl groups is 3. The Morgan fingerprint density at radius 3 is 2.69 bits per heavy atom. The molecule has 0 aromatic heterocycles. The zero-order chi connectivity index (χ0) is 9.69. The predicted molar refractivity (Wildman–Crippen MR) is 41.9 cm³/mol. The quantitative estimate of drug-likeness (QED) is 0.474. The molecule has 13 heavy (non-hydrogen) atoms. The molecule has 0 aliphatic carbocycles. The summed E-state index contributed by atoms with van der Waals surface area (Å²) in [5, 5.41) is 28.2. The fraction of sp³-hybridized carbons (Fsp3) is 1.00. The molecule has 5 heteroatoms. The molecule has 4 atom stereocenters. The molecule has 0 amide bonds. The van der Waals surface area contributed by atoms with Crippen molar-refractivity contribution in [1.82, 2.24) is 0 Å². The van der Waals surface area contributed by atoms with Gasteiger partial charge >= 0.3 is 0 Å². The molecule has 0 aromatic carbocycles. The van der Waals surface area contributed by atoms with Gasteiger partial charge in [0.2, 0.25) is 0 Å². The van der Waals surface area contributed by atoms with Crippen LogP contribution in [0.4, 0.5) is 0 Å². The SMILES string of the molecule is CC12OCC(CO)(O1)C(O)CC2O. The van der Waals surface area contributed by atoms with Gasteiger partial charge in [-0.05, 0) is 6.92 Å². The van der Waals surface area contributed by atoms with Crippen molar-refractivity contribution in [3.8, 4) is 0 Å². The maximum atomic E-state index is 9.61. The second-order valence-electron chi connectivity index (χ2n) is 3.90. The van der Waals surface area contributed by atoms with Crippen molar-refractivity contribution in [2.24, 2.45) is 0 Å². The number of fused-ring (bicyclic) bond motifs is 2. The number of aliphatic hydroxyl groups excluding tert-OH is 3. The summed E-state index contributed by atoms with van der Waals surface area (Å²) >= 11 is 0. The predicted octanol–water partition coefficient (Wildman–Crippen LogP) is -1.39. The first kappa shape index (κ1) is 9.36. The molecule has 76 valence electrons. The van der Waals surface area contributed by atoms with Gasteiger partial charge in [0.05, 0.1) is 19.3 Å². The fourth-order valence-corrected chi connectivity index (χ4v) is 1.88. The van der Waals surface area contributed by atoms with Gasteiger partial charge in [0, 0.05) is 6.42 Å². The minimum Gasteiger partial charge on any atom is -0.393 e. The Balaban J connectivity index is 2.27. The molecule has 0 saturated carbocycles. The summed E-state index contributed by atoms with van der Waals surface area (Å²) in [6.07, 6.45) is -1.54. The van der Waals surface area contributed by atoms with E-state index >= 15 is 0 Å². The van der Waals surface area contributed by atoms with E-state index in [1.54, 1.807) is 6.92 Å². The minimum atomic E-state index is -1.07. The first-order chi connectivity index (χ1) is 6.02. The van der Waals surface area contributed by atoms with E-state index in [4.69, 9.17) is 14.6 Å². The maximum absolute atomic E-state index is 9.61. The molecule has 2 rings (SSSR count). The average molecular weight is 190 g/mol. The lowest BCUT2D eigenvalue weighted by molar-refractivity contribution is -0.282. The largest absolute Gasteiger partial charge is 0.393 e. The second-order valence-corrected chi connectivity index (χ2v) is 3.90. The summed E-state index contributed by atoms with van der Waals surface area (Å²) in [6.45, 7) is 1.44. The highest BCUT2D eigenvalue weighted by molar-refractivity contribution is 5.03. The third-order valence-electron chi connectivity index (χ3n) is 2.94. The van der Waals surface area contributed by atoms with E-state index in [0.717, 1.165) is 0 Å². The topological polar surface area (TPSA) is 79.2 Å². The summed E-state index contributed by atoms with van der Waals surface area (Å²) in [7, 11) is 0. The Hall–Kier alpha value is -0.200. The molecule has 2 aliphatic heterocycles. The van der Waals surface area contributed by atoms with Crippen LogP contribution >= 0.6 is 0 Å². The normalized spacial score (nSPS) is 55.4. The summed E-state index contributed by atoms with van der Waals surface area (Å²) in [5.41, 5.74) is -1.03. The Kier molecular flexibility index (Phi) is 1.91. The van der Waals surface area contributed by atoms with E-state index in [9.17, 15) is 10.2 Å². The molecule has 0 radical (unpaired) electrons. The minimum absolute atomic E-state index is 0.123. The lowest BCUT2D eigenvalue weighted by Gasteiger charge is -2.41. The molecule has 2 fully saturated rings. The zero-order valence-corrected chi connectivity index (χ0v) is 7.43. The van der Waals surface area contributed by atoms with Crippen LogP contribution in [0.3, 0.4) is 0 Å². The maximum Gasteiger partial charge on any atom is 0.192 e. The number of ether oxygens (including phenoxy) is 2. The van der Waals surface area contributed by atoms with Crippen LogP contribution in [0, 0.1) is 0 Å². The van der Waals surface area contributed by atoms with Gasteiger partial charge in [0.25, 0.3) is 0 Å². The number of hydrogen-bond acceptors (Lipinski definition) is 5. The number of rotatable bonds is 1. The molecular weight excluding hydrogens is 176 g/mol. The van der Waals surface area contributed by atoms with Gasteiger partial charge in [-0.3, -0.25) is 0 Å². The fourth-order valence-electron chi connectivity index (χ4n) is 1.88. The van der Waals surface area contributed by atoms with Crippen molar-refractivity contribution in [2.45, 2.75) is 36.9 Å². The summed E-state index contributed by atoms with van der Waals surface area (Å²) in [5.74, 6) is -1.07. The molecule has 0 spiro atoms. The molecule has 3 N–H and O–H groups in total. The third kappa shape index (κ3) is 1.12. The monoisotopic (exact) mass is 190 g/mol. The Bertz CT molecular complexity index is 221. The van der Waals surface area contributed by atoms with Crippen LogP contribution in [0.15, 0.2) is 0 Å². The van der Waals surface area contributed by atoms with Gasteiger partial charge in [-0.15, -0.1) is 0 Å². The molecule has 2 bridgehead atoms. The first-order valence-corrected chi connectivity index (χ1v) is 4.33. The van der Waals surface area contributed by atoms with Crippen LogP contribution in [-0.4, -0.2) is 52.1 Å². The van der Waals surface area contributed by atoms with E-state index < -0.39 is 23.6 Å². The lowest BCUT2D eigenvalue weighted by atomic mass is 9.89. The standard InChI is InChI=1S/C8H14O5/c1-7-5(10)2-6(11)8(3-9,13-7)4-12-7/h5-6,9-11H,2-4H2,1H3. The lowest BCUT2D eigenvalue weighted by Crippen LogP contribution is -2.58. The van der Waals surface area contributed by atoms with E-state index in [-0.39, 0.29) is 19.6 Å². The zero-order valence-electron chi connectivity index (χ0n) is 7.43. The van der Waals surface area contributed by atoms with Gasteiger partial charge in [-0.1, -0.05) is 0 Å². The van der Waals surface area contributed by atoms with Crippen molar-refractivity contribution in [3.63, 3.8) is 0 Å². The van der Waals surface area contributed by atoms with E-state index in [1.807, 2.05) is 0 Å². The molecular formula is C8H14O5. The van der Waals surface area contributed by atoms with Gasteiger partial charge < -0.3 is 24.8 Å². The van der Waals surface area contributed by atoms with Crippen molar-refractivity contribution in [2.75, 3.05) is 13.2 Å². The summed E-state index contributed by atoms with van der Waals surface area (Å²) < 4.78 is 10.6. The Morgan fingerprint density at radius 2 is 2.08 bits per heavy atom.